The summed E-state index contributed by atoms with van der Waals surface area (Å²) >= 11 is 1.31. The number of aliphatic imine (C=N–C) groups is 2. The predicted octanol–water partition coefficient (Wildman–Crippen LogP) is 4.66. The Morgan fingerprint density at radius 3 is 2.00 bits per heavy atom. The second kappa shape index (κ2) is 7.07. The van der Waals surface area contributed by atoms with E-state index in [0.717, 1.165) is 27.5 Å². The molecule has 23 heavy (non-hydrogen) atoms. The number of benzene rings is 2. The highest BCUT2D eigenvalue weighted by molar-refractivity contribution is 7.07. The fraction of sp³-hybridized carbons (Fsp3) is 0.111. The van der Waals surface area contributed by atoms with Crippen LogP contribution >= 0.6 is 11.5 Å². The highest BCUT2D eigenvalue weighted by atomic mass is 32.1. The third-order valence-electron chi connectivity index (χ3n) is 3.32. The van der Waals surface area contributed by atoms with Gasteiger partial charge in [-0.15, -0.1) is 0 Å². The van der Waals surface area contributed by atoms with Crippen molar-refractivity contribution in [2.75, 3.05) is 0 Å². The van der Waals surface area contributed by atoms with Gasteiger partial charge in [0.15, 0.2) is 10.8 Å². The van der Waals surface area contributed by atoms with Gasteiger partial charge in [-0.25, -0.2) is 4.98 Å². The van der Waals surface area contributed by atoms with Crippen molar-refractivity contribution in [2.45, 2.75) is 13.8 Å². The molecule has 1 aromatic heterocycles. The van der Waals surface area contributed by atoms with Gasteiger partial charge in [-0.3, -0.25) is 9.98 Å². The third-order valence-corrected chi connectivity index (χ3v) is 3.98. The molecule has 0 atom stereocenters. The van der Waals surface area contributed by atoms with Crippen LogP contribution < -0.4 is 0 Å². The molecule has 114 valence electrons. The minimum Gasteiger partial charge on any atom is -0.253 e. The van der Waals surface area contributed by atoms with E-state index < -0.39 is 0 Å². The van der Waals surface area contributed by atoms with Crippen LogP contribution in [0.25, 0.3) is 0 Å². The van der Waals surface area contributed by atoms with E-state index in [1.54, 1.807) is 12.4 Å². The number of para-hydroxylation sites is 2. The molecule has 0 aliphatic rings. The Bertz CT molecular complexity index is 795. The molecular formula is C18H16N4S. The topological polar surface area (TPSA) is 50.5 Å². The van der Waals surface area contributed by atoms with Gasteiger partial charge in [0.05, 0.1) is 23.8 Å². The lowest BCUT2D eigenvalue weighted by Gasteiger charge is -1.96. The highest BCUT2D eigenvalue weighted by Gasteiger charge is 2.00. The second-order valence-corrected chi connectivity index (χ2v) is 5.86. The molecular weight excluding hydrogens is 304 g/mol. The Labute approximate surface area is 139 Å². The van der Waals surface area contributed by atoms with Gasteiger partial charge in [-0.1, -0.05) is 36.4 Å². The molecule has 5 heteroatoms. The molecule has 0 saturated carbocycles. The van der Waals surface area contributed by atoms with Gasteiger partial charge in [-0.2, -0.15) is 4.37 Å². The highest BCUT2D eigenvalue weighted by Crippen LogP contribution is 2.18. The smallest absolute Gasteiger partial charge is 0.184 e. The van der Waals surface area contributed by atoms with E-state index >= 15 is 0 Å². The second-order valence-electron chi connectivity index (χ2n) is 5.08. The van der Waals surface area contributed by atoms with Gasteiger partial charge in [0, 0.05) is 0 Å². The number of hydrogen-bond donors (Lipinski definition) is 0. The first kappa shape index (κ1) is 15.2. The summed E-state index contributed by atoms with van der Waals surface area (Å²) in [5, 5.41) is 0.763. The molecule has 0 N–H and O–H groups in total. The number of aromatic nitrogens is 2. The maximum absolute atomic E-state index is 4.46. The first-order valence-electron chi connectivity index (χ1n) is 7.25. The van der Waals surface area contributed by atoms with Crippen molar-refractivity contribution in [3.8, 4) is 0 Å². The summed E-state index contributed by atoms with van der Waals surface area (Å²) in [5.74, 6) is 0.601. The van der Waals surface area contributed by atoms with E-state index in [1.807, 2.05) is 62.4 Å². The van der Waals surface area contributed by atoms with Crippen LogP contribution in [0.4, 0.5) is 11.4 Å². The summed E-state index contributed by atoms with van der Waals surface area (Å²) in [6, 6.07) is 15.9. The lowest BCUT2D eigenvalue weighted by Crippen LogP contribution is -1.86. The van der Waals surface area contributed by atoms with Crippen LogP contribution in [0.3, 0.4) is 0 Å². The quantitative estimate of drug-likeness (QED) is 0.657. The maximum Gasteiger partial charge on any atom is 0.184 e. The minimum atomic E-state index is 0.601. The van der Waals surface area contributed by atoms with Gasteiger partial charge >= 0.3 is 0 Å². The van der Waals surface area contributed by atoms with Crippen LogP contribution in [0.2, 0.25) is 0 Å². The molecule has 0 aliphatic heterocycles. The Morgan fingerprint density at radius 1 is 0.826 bits per heavy atom. The van der Waals surface area contributed by atoms with Gasteiger partial charge in [0.1, 0.15) is 0 Å². The van der Waals surface area contributed by atoms with Crippen LogP contribution in [0.15, 0.2) is 58.5 Å². The monoisotopic (exact) mass is 320 g/mol. The largest absolute Gasteiger partial charge is 0.253 e. The molecule has 0 amide bonds. The summed E-state index contributed by atoms with van der Waals surface area (Å²) in [6.45, 7) is 4.06. The molecule has 0 bridgehead atoms. The molecule has 2 aromatic carbocycles. The summed E-state index contributed by atoms with van der Waals surface area (Å²) in [6.07, 6.45) is 3.43. The zero-order valence-corrected chi connectivity index (χ0v) is 13.8. The molecule has 4 nitrogen and oxygen atoms in total. The number of nitrogens with zero attached hydrogens (tertiary/aromatic N) is 4. The fourth-order valence-corrected chi connectivity index (χ4v) is 2.53. The molecule has 3 rings (SSSR count). The number of hydrogen-bond acceptors (Lipinski definition) is 5. The third kappa shape index (κ3) is 3.96. The Balaban J connectivity index is 1.74. The average molecular weight is 320 g/mol. The van der Waals surface area contributed by atoms with Crippen molar-refractivity contribution >= 4 is 35.3 Å². The van der Waals surface area contributed by atoms with Crippen molar-refractivity contribution in [3.63, 3.8) is 0 Å². The molecule has 0 spiro atoms. The first-order valence-corrected chi connectivity index (χ1v) is 8.03. The van der Waals surface area contributed by atoms with Gasteiger partial charge < -0.3 is 0 Å². The van der Waals surface area contributed by atoms with E-state index in [1.165, 1.54) is 11.5 Å². The molecule has 3 aromatic rings. The Morgan fingerprint density at radius 2 is 1.39 bits per heavy atom. The van der Waals surface area contributed by atoms with Gasteiger partial charge in [0.2, 0.25) is 0 Å². The summed E-state index contributed by atoms with van der Waals surface area (Å²) in [7, 11) is 0. The predicted molar refractivity (Wildman–Crippen MR) is 96.8 cm³/mol. The molecule has 0 saturated heterocycles. The van der Waals surface area contributed by atoms with Crippen LogP contribution in [0, 0.1) is 13.8 Å². The molecule has 0 fully saturated rings. The van der Waals surface area contributed by atoms with Crippen LogP contribution in [0.1, 0.15) is 22.0 Å². The zero-order valence-electron chi connectivity index (χ0n) is 13.0. The zero-order chi connectivity index (χ0) is 16.1. The van der Waals surface area contributed by atoms with E-state index in [2.05, 4.69) is 19.3 Å². The normalized spacial score (nSPS) is 11.6. The van der Waals surface area contributed by atoms with Gasteiger partial charge in [0.25, 0.3) is 0 Å². The number of rotatable bonds is 4. The van der Waals surface area contributed by atoms with Crippen molar-refractivity contribution < 1.29 is 0 Å². The van der Waals surface area contributed by atoms with Crippen molar-refractivity contribution in [3.05, 3.63) is 70.5 Å². The number of aryl methyl sites for hydroxylation is 2. The van der Waals surface area contributed by atoms with Crippen molar-refractivity contribution in [2.24, 2.45) is 9.98 Å². The Hall–Kier alpha value is -2.66. The lowest BCUT2D eigenvalue weighted by atomic mass is 10.2. The maximum atomic E-state index is 4.46. The van der Waals surface area contributed by atoms with E-state index in [9.17, 15) is 0 Å². The molecule has 0 aliphatic carbocycles. The summed E-state index contributed by atoms with van der Waals surface area (Å²) in [4.78, 5) is 13.3. The van der Waals surface area contributed by atoms with E-state index in [0.29, 0.717) is 5.82 Å². The standard InChI is InChI=1S/C18H16N4S/c1-13-7-3-5-9-15(13)19-11-17-21-18(23-22-17)12-20-16-10-6-4-8-14(16)2/h3-12H,1-2H3. The summed E-state index contributed by atoms with van der Waals surface area (Å²) < 4.78 is 4.29. The molecule has 1 heterocycles. The van der Waals surface area contributed by atoms with Crippen LogP contribution in [-0.4, -0.2) is 21.8 Å². The van der Waals surface area contributed by atoms with Crippen molar-refractivity contribution in [1.29, 1.82) is 0 Å². The SMILES string of the molecule is Cc1ccccc1N=Cc1nsc(C=Nc2ccccc2C)n1. The molecule has 0 unspecified atom stereocenters. The lowest BCUT2D eigenvalue weighted by molar-refractivity contribution is 1.27. The van der Waals surface area contributed by atoms with E-state index in [4.69, 9.17) is 0 Å². The van der Waals surface area contributed by atoms with Crippen LogP contribution in [-0.2, 0) is 0 Å². The van der Waals surface area contributed by atoms with Crippen LogP contribution in [0.5, 0.6) is 0 Å². The molecule has 0 radical (unpaired) electrons. The van der Waals surface area contributed by atoms with Gasteiger partial charge in [-0.05, 0) is 48.6 Å². The first-order chi connectivity index (χ1) is 11.2. The van der Waals surface area contributed by atoms with Crippen molar-refractivity contribution in [1.82, 2.24) is 9.36 Å². The Kier molecular flexibility index (Phi) is 4.68. The average Bonchev–Trinajstić information content (AvgIpc) is 3.01. The fourth-order valence-electron chi connectivity index (χ4n) is 2.02. The van der Waals surface area contributed by atoms with E-state index in [-0.39, 0.29) is 0 Å². The minimum absolute atomic E-state index is 0.601. The summed E-state index contributed by atoms with van der Waals surface area (Å²) in [5.41, 5.74) is 4.13.